The molecule has 0 saturated heterocycles. The fourth-order valence-corrected chi connectivity index (χ4v) is 0. The van der Waals surface area contributed by atoms with Gasteiger partial charge in [-0.15, -0.1) is 23.2 Å². The highest BCUT2D eigenvalue weighted by Gasteiger charge is 1.77. The van der Waals surface area contributed by atoms with Crippen LogP contribution in [0.2, 0.25) is 0 Å². The Hall–Kier alpha value is 0.210. The molecule has 4 heteroatoms. The first-order chi connectivity index (χ1) is 5.00. The van der Waals surface area contributed by atoms with Crippen LogP contribution in [0.5, 0.6) is 0 Å². The summed E-state index contributed by atoms with van der Waals surface area (Å²) < 4.78 is 0. The van der Waals surface area contributed by atoms with Gasteiger partial charge in [0.1, 0.15) is 10.6 Å². The molecule has 0 atom stereocenters. The Bertz CT molecular complexity index is 72.1. The maximum Gasteiger partial charge on any atom is 0.129 e. The Balaban J connectivity index is -0.0000000965. The first kappa shape index (κ1) is 17.3. The third kappa shape index (κ3) is 141. The zero-order valence-corrected chi connectivity index (χ0v) is 8.91. The van der Waals surface area contributed by atoms with Crippen LogP contribution >= 0.6 is 23.2 Å². The van der Waals surface area contributed by atoms with E-state index in [9.17, 15) is 4.79 Å². The molecular formula is C7H16Cl2O2. The number of rotatable bonds is 1. The van der Waals surface area contributed by atoms with Crippen LogP contribution in [0.15, 0.2) is 0 Å². The third-order valence-corrected chi connectivity index (χ3v) is 0.498. The van der Waals surface area contributed by atoms with Crippen LogP contribution in [-0.4, -0.2) is 22.8 Å². The van der Waals surface area contributed by atoms with Gasteiger partial charge in [-0.3, -0.25) is 0 Å². The zero-order chi connectivity index (χ0) is 9.86. The van der Waals surface area contributed by atoms with Crippen molar-refractivity contribution < 1.29 is 9.90 Å². The van der Waals surface area contributed by atoms with Gasteiger partial charge >= 0.3 is 0 Å². The predicted octanol–water partition coefficient (Wildman–Crippen LogP) is 2.40. The first-order valence-corrected chi connectivity index (χ1v) is 4.10. The van der Waals surface area contributed by atoms with Crippen LogP contribution in [0.4, 0.5) is 0 Å². The topological polar surface area (TPSA) is 37.3 Å². The first-order valence-electron chi connectivity index (χ1n) is 3.23. The van der Waals surface area contributed by atoms with Gasteiger partial charge < -0.3 is 9.90 Å². The van der Waals surface area contributed by atoms with Crippen LogP contribution in [-0.2, 0) is 4.79 Å². The number of ketones is 1. The maximum atomic E-state index is 9.81. The monoisotopic (exact) mass is 202 g/mol. The van der Waals surface area contributed by atoms with Gasteiger partial charge in [0.25, 0.3) is 0 Å². The van der Waals surface area contributed by atoms with Crippen molar-refractivity contribution in [1.29, 1.82) is 0 Å². The molecule has 0 rings (SSSR count). The fourth-order valence-electron chi connectivity index (χ4n) is 0. The molecule has 1 N–H and O–H groups in total. The van der Waals surface area contributed by atoms with Crippen molar-refractivity contribution in [2.24, 2.45) is 0 Å². The number of aliphatic hydroxyl groups excluding tert-OH is 1. The molecule has 0 saturated carbocycles. The van der Waals surface area contributed by atoms with Crippen molar-refractivity contribution in [1.82, 2.24) is 0 Å². The highest BCUT2D eigenvalue weighted by Crippen LogP contribution is 1.95. The molecule has 0 unspecified atom stereocenters. The van der Waals surface area contributed by atoms with Gasteiger partial charge in [-0.05, 0) is 13.8 Å². The van der Waals surface area contributed by atoms with Crippen molar-refractivity contribution in [3.8, 4) is 0 Å². The summed E-state index contributed by atoms with van der Waals surface area (Å²) in [4.78, 5) is 9.59. The standard InChI is InChI=1S/C4H8O.C2H4Cl2.CH4O/c1-3-4(2)5;1-2(3)4;1-2/h3H2,1-2H3;2H,1H3;2H,1H3. The van der Waals surface area contributed by atoms with Crippen LogP contribution < -0.4 is 0 Å². The SMILES string of the molecule is CC(Cl)Cl.CCC(C)=O.CO. The molecule has 0 aliphatic heterocycles. The smallest absolute Gasteiger partial charge is 0.129 e. The summed E-state index contributed by atoms with van der Waals surface area (Å²) in [7, 11) is 1.00. The number of alkyl halides is 2. The number of aliphatic hydroxyl groups is 1. The maximum absolute atomic E-state index is 9.81. The number of halogens is 2. The Morgan fingerprint density at radius 3 is 1.55 bits per heavy atom. The molecule has 0 aliphatic carbocycles. The molecule has 0 spiro atoms. The van der Waals surface area contributed by atoms with E-state index in [-0.39, 0.29) is 10.6 Å². The Labute approximate surface area is 78.5 Å². The minimum atomic E-state index is -0.222. The lowest BCUT2D eigenvalue weighted by atomic mass is 10.4. The Morgan fingerprint density at radius 1 is 1.45 bits per heavy atom. The van der Waals surface area contributed by atoms with E-state index in [1.807, 2.05) is 6.92 Å². The normalized spacial score (nSPS) is 7.27. The lowest BCUT2D eigenvalue weighted by Gasteiger charge is -1.72. The van der Waals surface area contributed by atoms with Gasteiger partial charge in [-0.25, -0.2) is 0 Å². The van der Waals surface area contributed by atoms with Crippen molar-refractivity contribution in [3.05, 3.63) is 0 Å². The summed E-state index contributed by atoms with van der Waals surface area (Å²) in [6.45, 7) is 5.13. The predicted molar refractivity (Wildman–Crippen MR) is 50.3 cm³/mol. The highest BCUT2D eigenvalue weighted by molar-refractivity contribution is 6.43. The van der Waals surface area contributed by atoms with Gasteiger partial charge in [0, 0.05) is 13.5 Å². The molecule has 70 valence electrons. The molecule has 0 heterocycles. The average Bonchev–Trinajstić information content (AvgIpc) is 1.91. The average molecular weight is 203 g/mol. The molecule has 0 bridgehead atoms. The minimum absolute atomic E-state index is 0.222. The summed E-state index contributed by atoms with van der Waals surface area (Å²) >= 11 is 10.1. The number of Topliss-reactive ketones (excluding diaryl/α,β-unsaturated/α-hetero) is 1. The summed E-state index contributed by atoms with van der Waals surface area (Å²) in [6.07, 6.45) is 0.667. The lowest BCUT2D eigenvalue weighted by Crippen LogP contribution is -1.80. The van der Waals surface area contributed by atoms with Gasteiger partial charge in [0.05, 0.1) is 0 Å². The van der Waals surface area contributed by atoms with Crippen LogP contribution in [0.25, 0.3) is 0 Å². The fraction of sp³-hybridized carbons (Fsp3) is 0.857. The second-order valence-corrected chi connectivity index (χ2v) is 3.11. The molecule has 0 radical (unpaired) electrons. The Kier molecular flexibility index (Phi) is 26.3. The van der Waals surface area contributed by atoms with Crippen molar-refractivity contribution in [2.45, 2.75) is 32.0 Å². The van der Waals surface area contributed by atoms with Crippen molar-refractivity contribution >= 4 is 29.0 Å². The van der Waals surface area contributed by atoms with E-state index in [4.69, 9.17) is 28.3 Å². The van der Waals surface area contributed by atoms with Gasteiger partial charge in [0.15, 0.2) is 0 Å². The molecule has 0 aromatic heterocycles. The van der Waals surface area contributed by atoms with E-state index >= 15 is 0 Å². The summed E-state index contributed by atoms with van der Waals surface area (Å²) in [5.41, 5.74) is 0. The number of carbonyl (C=O) groups excluding carboxylic acids is 1. The van der Waals surface area contributed by atoms with Crippen molar-refractivity contribution in [2.75, 3.05) is 7.11 Å². The van der Waals surface area contributed by atoms with E-state index in [0.717, 1.165) is 7.11 Å². The van der Waals surface area contributed by atoms with E-state index in [1.165, 1.54) is 0 Å². The second-order valence-electron chi connectivity index (χ2n) is 1.57. The number of hydrogen-bond donors (Lipinski definition) is 1. The summed E-state index contributed by atoms with van der Waals surface area (Å²) in [5.74, 6) is 0.255. The van der Waals surface area contributed by atoms with E-state index in [2.05, 4.69) is 0 Å². The summed E-state index contributed by atoms with van der Waals surface area (Å²) in [6, 6.07) is 0. The van der Waals surface area contributed by atoms with E-state index < -0.39 is 0 Å². The molecule has 0 aromatic rings. The van der Waals surface area contributed by atoms with Crippen LogP contribution in [0.3, 0.4) is 0 Å². The molecule has 0 fully saturated rings. The van der Waals surface area contributed by atoms with E-state index in [0.29, 0.717) is 6.42 Å². The summed E-state index contributed by atoms with van der Waals surface area (Å²) in [5, 5.41) is 7.00. The lowest BCUT2D eigenvalue weighted by molar-refractivity contribution is -0.116. The molecule has 11 heavy (non-hydrogen) atoms. The molecule has 0 amide bonds. The van der Waals surface area contributed by atoms with Gasteiger partial charge in [0.2, 0.25) is 0 Å². The highest BCUT2D eigenvalue weighted by atomic mass is 35.5. The molecular weight excluding hydrogens is 187 g/mol. The van der Waals surface area contributed by atoms with E-state index in [1.54, 1.807) is 13.8 Å². The third-order valence-electron chi connectivity index (χ3n) is 0.498. The van der Waals surface area contributed by atoms with Gasteiger partial charge in [-0.2, -0.15) is 0 Å². The molecule has 0 aromatic carbocycles. The van der Waals surface area contributed by atoms with Crippen LogP contribution in [0.1, 0.15) is 27.2 Å². The largest absolute Gasteiger partial charge is 0.400 e. The molecule has 0 aliphatic rings. The second kappa shape index (κ2) is 16.7. The quantitative estimate of drug-likeness (QED) is 0.664. The zero-order valence-electron chi connectivity index (χ0n) is 7.40. The Morgan fingerprint density at radius 2 is 1.55 bits per heavy atom. The van der Waals surface area contributed by atoms with Gasteiger partial charge in [-0.1, -0.05) is 6.92 Å². The van der Waals surface area contributed by atoms with Crippen molar-refractivity contribution in [3.63, 3.8) is 0 Å². The number of hydrogen-bond acceptors (Lipinski definition) is 2. The molecule has 2 nitrogen and oxygen atoms in total. The number of carbonyl (C=O) groups is 1. The van der Waals surface area contributed by atoms with Crippen LogP contribution in [0, 0.1) is 0 Å². The minimum Gasteiger partial charge on any atom is -0.400 e.